The molecule has 9 N–H and O–H groups in total. The van der Waals surface area contributed by atoms with Crippen molar-refractivity contribution in [1.29, 1.82) is 0 Å². The van der Waals surface area contributed by atoms with Gasteiger partial charge in [-0.1, -0.05) is 26.0 Å². The van der Waals surface area contributed by atoms with E-state index in [4.69, 9.17) is 48.7 Å². The maximum atomic E-state index is 16.7. The number of esters is 1. The fraction of sp³-hybridized carbons (Fsp3) is 0.500. The number of ether oxygens (including phenoxy) is 6. The molecule has 102 heavy (non-hydrogen) atoms. The van der Waals surface area contributed by atoms with Gasteiger partial charge in [-0.3, -0.25) is 38.5 Å². The first-order chi connectivity index (χ1) is 48.6. The summed E-state index contributed by atoms with van der Waals surface area (Å²) >= 11 is 0. The first-order valence-electron chi connectivity index (χ1n) is 31.0. The van der Waals surface area contributed by atoms with Crippen molar-refractivity contribution in [3.8, 4) is 5.75 Å². The van der Waals surface area contributed by atoms with Crippen molar-refractivity contribution in [2.24, 2.45) is 11.7 Å². The van der Waals surface area contributed by atoms with Crippen molar-refractivity contribution >= 4 is 97.8 Å². The number of nitrogens with one attached hydrogen (secondary N) is 5. The van der Waals surface area contributed by atoms with Gasteiger partial charge in [0.05, 0.1) is 44.9 Å². The average molecular weight is 1490 g/mol. The summed E-state index contributed by atoms with van der Waals surface area (Å²) in [6.07, 6.45) is -12.5. The van der Waals surface area contributed by atoms with Crippen LogP contribution in [0.1, 0.15) is 70.9 Å². The number of likely N-dealkylation sites (tertiary alicyclic amines) is 1. The van der Waals surface area contributed by atoms with Crippen LogP contribution in [0, 0.1) is 35.0 Å². The largest absolute Gasteiger partial charge is 0.697 e. The number of aromatic nitrogens is 8. The average Bonchev–Trinajstić information content (AvgIpc) is 1.58. The minimum absolute atomic E-state index is 0.00406. The van der Waals surface area contributed by atoms with E-state index < -0.39 is 217 Å². The molecule has 0 aliphatic carbocycles. The zero-order chi connectivity index (χ0) is 73.4. The second kappa shape index (κ2) is 32.6. The van der Waals surface area contributed by atoms with E-state index >= 15 is 8.78 Å². The van der Waals surface area contributed by atoms with Crippen molar-refractivity contribution in [3.05, 3.63) is 84.2 Å². The van der Waals surface area contributed by atoms with E-state index in [1.807, 2.05) is 0 Å². The zero-order valence-electron chi connectivity index (χ0n) is 53.7. The van der Waals surface area contributed by atoms with Crippen molar-refractivity contribution in [2.75, 3.05) is 62.5 Å². The summed E-state index contributed by atoms with van der Waals surface area (Å²) in [4.78, 5) is 116. The lowest BCUT2D eigenvalue weighted by atomic mass is 10.0. The highest BCUT2D eigenvalue weighted by molar-refractivity contribution is 7.41. The summed E-state index contributed by atoms with van der Waals surface area (Å²) in [5, 5.41) is 10.6. The van der Waals surface area contributed by atoms with Gasteiger partial charge in [-0.15, -0.1) is 13.6 Å². The molecule has 0 radical (unpaired) electrons. The van der Waals surface area contributed by atoms with Crippen LogP contribution in [0.2, 0.25) is 0 Å². The number of urea groups is 1. The predicted octanol–water partition coefficient (Wildman–Crippen LogP) is 5.72. The molecule has 4 saturated heterocycles. The van der Waals surface area contributed by atoms with E-state index in [1.165, 1.54) is 42.1 Å². The fourth-order valence-electron chi connectivity index (χ4n) is 11.2. The van der Waals surface area contributed by atoms with Gasteiger partial charge in [0.15, 0.2) is 59.3 Å². The van der Waals surface area contributed by atoms with Crippen LogP contribution in [0.3, 0.4) is 0 Å². The Kier molecular flexibility index (Phi) is 24.0. The number of carbonyl (C=O) groups excluding carboxylic acids is 7. The van der Waals surface area contributed by atoms with Crippen LogP contribution in [-0.4, -0.2) is 192 Å². The lowest BCUT2D eigenvalue weighted by Crippen LogP contribution is -2.54. The van der Waals surface area contributed by atoms with Gasteiger partial charge in [0.25, 0.3) is 5.16 Å². The van der Waals surface area contributed by atoms with Gasteiger partial charge in [-0.25, -0.2) is 70.6 Å². The summed E-state index contributed by atoms with van der Waals surface area (Å²) < 4.78 is 195. The number of primary amides is 1. The van der Waals surface area contributed by atoms with E-state index in [0.717, 1.165) is 28.4 Å². The number of nitrogens with zero attached hydrogens (tertiary/aromatic N) is 9. The fourth-order valence-corrected chi connectivity index (χ4v) is 13.2. The number of nitrogens with two attached hydrogens (primary N) is 2. The third-order valence-corrected chi connectivity index (χ3v) is 19.1. The Balaban J connectivity index is 0.683. The van der Waals surface area contributed by atoms with Crippen LogP contribution < -0.4 is 42.8 Å². The van der Waals surface area contributed by atoms with Crippen LogP contribution in [-0.2, 0) is 72.2 Å². The lowest BCUT2D eigenvalue weighted by Gasteiger charge is -2.25. The van der Waals surface area contributed by atoms with Crippen LogP contribution >= 0.6 is 16.3 Å². The maximum absolute atomic E-state index is 16.7. The second-order valence-electron chi connectivity index (χ2n) is 23.8. The summed E-state index contributed by atoms with van der Waals surface area (Å²) in [6.45, 7) is 0.913. The number of carbonyl (C=O) groups is 7. The number of imidazole rings is 2. The molecule has 2 unspecified atom stereocenters. The van der Waals surface area contributed by atoms with Crippen LogP contribution in [0.25, 0.3) is 22.3 Å². The van der Waals surface area contributed by atoms with Crippen LogP contribution in [0.4, 0.5) is 66.8 Å². The zero-order valence-corrected chi connectivity index (χ0v) is 55.5. The molecule has 0 spiro atoms. The number of rotatable bonds is 24. The number of alkyl halides is 3. The monoisotopic (exact) mass is 1490 g/mol. The molecule has 4 fully saturated rings. The third-order valence-electron chi connectivity index (χ3n) is 16.6. The molecule has 10 rings (SSSR count). The highest BCUT2D eigenvalue weighted by Gasteiger charge is 2.70. The number of benzene rings is 2. The number of hydrogen-bond donors (Lipinski definition) is 7. The Morgan fingerprint density at radius 3 is 2.15 bits per heavy atom. The molecule has 14 atom stereocenters. The molecule has 7 amide bonds. The Hall–Kier alpha value is -9.57. The van der Waals surface area contributed by atoms with E-state index in [1.54, 1.807) is 13.8 Å². The minimum atomic E-state index is -3.18. The molecule has 6 aromatic rings. The SMILES string of the molecule is CC(C)[C@H](NC(=O)CCOCCC(=O)Oc1c(F)c(F)c(F)c(F)c1F)C(=O)N[C@@H](CCCNC(N)=O)C(=O)Nc1ccc(COC(=O)N2C[C@@H](F)C[C@H]2COC(=O)Nc2ncnc3c2ncn3[C@@H]2O[C@@H]3CO[P+](=O)[C@@]4(C)[C@@H](CO[P+](=O)O[C@H]3[C@H]2F)O[C@@H](n2cnc3c(N)ncnc32)[C@@H]4F)cc1. The normalized spacial score (nSPS) is 24.1. The molecule has 548 valence electrons. The van der Waals surface area contributed by atoms with Gasteiger partial charge in [-0.2, -0.15) is 8.78 Å². The summed E-state index contributed by atoms with van der Waals surface area (Å²) in [5.41, 5.74) is 11.7. The molecule has 2 aromatic carbocycles. The predicted molar refractivity (Wildman–Crippen MR) is 331 cm³/mol. The number of fused-ring (bicyclic) bond motifs is 4. The van der Waals surface area contributed by atoms with Crippen LogP contribution in [0.15, 0.2) is 49.6 Å². The van der Waals surface area contributed by atoms with Gasteiger partial charge < -0.3 is 61.2 Å². The van der Waals surface area contributed by atoms with Gasteiger partial charge >= 0.3 is 40.5 Å². The molecule has 0 saturated carbocycles. The van der Waals surface area contributed by atoms with Crippen molar-refractivity contribution < 1.29 is 120 Å². The lowest BCUT2D eigenvalue weighted by molar-refractivity contribution is -0.136. The Morgan fingerprint density at radius 1 is 0.775 bits per heavy atom. The topological polar surface area (TPSA) is 439 Å². The van der Waals surface area contributed by atoms with E-state index in [2.05, 4.69) is 61.2 Å². The molecule has 8 heterocycles. The maximum Gasteiger partial charge on any atom is 0.697 e. The molecular formula is C58H64F8N16O18P2+2. The second-order valence-corrected chi connectivity index (χ2v) is 26.4. The van der Waals surface area contributed by atoms with Gasteiger partial charge in [0, 0.05) is 29.6 Å². The highest BCUT2D eigenvalue weighted by atomic mass is 31.1. The molecule has 34 nitrogen and oxygen atoms in total. The van der Waals surface area contributed by atoms with E-state index in [-0.39, 0.29) is 78.7 Å². The summed E-state index contributed by atoms with van der Waals surface area (Å²) in [5.74, 6) is -18.2. The first-order valence-corrected chi connectivity index (χ1v) is 33.3. The number of amides is 7. The Bertz CT molecular complexity index is 4150. The molecule has 4 aliphatic heterocycles. The number of hydrogen-bond acceptors (Lipinski definition) is 25. The third kappa shape index (κ3) is 16.8. The van der Waals surface area contributed by atoms with Gasteiger partial charge in [-0.05, 0) is 47.9 Å². The Labute approximate surface area is 572 Å². The van der Waals surface area contributed by atoms with Crippen molar-refractivity contribution in [3.63, 3.8) is 0 Å². The molecule has 4 aromatic heterocycles. The summed E-state index contributed by atoms with van der Waals surface area (Å²) in [7, 11) is -6.23. The molecule has 4 aliphatic rings. The van der Waals surface area contributed by atoms with Crippen molar-refractivity contribution in [2.45, 2.75) is 132 Å². The Morgan fingerprint density at radius 2 is 1.44 bits per heavy atom. The van der Waals surface area contributed by atoms with E-state index in [0.29, 0.717) is 5.56 Å². The summed E-state index contributed by atoms with van der Waals surface area (Å²) in [6, 6.07) is 1.45. The van der Waals surface area contributed by atoms with Crippen LogP contribution in [0.5, 0.6) is 5.75 Å². The molecular weight excluding hydrogens is 1420 g/mol. The first kappa shape index (κ1) is 75.1. The van der Waals surface area contributed by atoms with Crippen molar-refractivity contribution in [1.82, 2.24) is 59.9 Å². The molecule has 0 bridgehead atoms. The number of halogens is 8. The quantitative estimate of drug-likeness (QED) is 0.00724. The van der Waals surface area contributed by atoms with E-state index in [9.17, 15) is 69.0 Å². The molecule has 44 heteroatoms. The van der Waals surface area contributed by atoms with Gasteiger partial charge in [0.2, 0.25) is 52.6 Å². The number of nitrogen functional groups attached to an aromatic ring is 1. The highest BCUT2D eigenvalue weighted by Crippen LogP contribution is 2.57. The smallest absolute Gasteiger partial charge is 0.447 e. The minimum Gasteiger partial charge on any atom is -0.447 e. The van der Waals surface area contributed by atoms with Gasteiger partial charge in [0.1, 0.15) is 75.1 Å². The standard InChI is InChI=1S/C58H62F8N16O18P2/c1-25(2)41(78-33(83)10-13-92-14-11-34(84)99-45-38(63)36(61)35(60)37(62)39(45)64)52(86)77-30(5-4-12-69-55(68)87)51(85)76-28-8-6-26(7-9-28)17-94-57(89)80-16-27(59)15-29(80)18-93-56(88)79-48-43-50(73-22-71-48)81(24-75-43)53-40(65)44-31(97-53)19-95-101(90)58(3)32(20-96-102(91)100-44)98-54(46(58)66)82-23-74-42-47(67)70-21-72-49(42)82/h6-9,21-25,27,29-32,40-41,44,46,53-54H,4-5,10-20H2,1-3H3,(H7-2,67,68,69,70,71,72,73,76,77,78,79,83,85,86,87,88)/p+2/t27-,29-,30-,31+,32+,40+,41-,44+,46-,53+,54+,58-/m0/s1. The number of anilines is 3.